The van der Waals surface area contributed by atoms with Crippen LogP contribution in [0.5, 0.6) is 6.01 Å². The third-order valence-corrected chi connectivity index (χ3v) is 9.91. The van der Waals surface area contributed by atoms with Crippen molar-refractivity contribution in [1.82, 2.24) is 35.4 Å². The van der Waals surface area contributed by atoms with Crippen molar-refractivity contribution < 1.29 is 13.5 Å². The zero-order chi connectivity index (χ0) is 30.2. The second-order valence-corrected chi connectivity index (χ2v) is 12.6. The van der Waals surface area contributed by atoms with Gasteiger partial charge in [0.15, 0.2) is 11.3 Å². The van der Waals surface area contributed by atoms with Crippen molar-refractivity contribution in [3.63, 3.8) is 0 Å². The number of ether oxygens (including phenoxy) is 1. The van der Waals surface area contributed by atoms with Crippen LogP contribution in [0.25, 0.3) is 33.2 Å². The molecular formula is C32H32F2N8O2. The molecule has 0 amide bonds. The number of nitrogens with one attached hydrogen (secondary N) is 2. The van der Waals surface area contributed by atoms with Crippen molar-refractivity contribution in [3.05, 3.63) is 45.5 Å². The Morgan fingerprint density at radius 2 is 1.98 bits per heavy atom. The van der Waals surface area contributed by atoms with Crippen LogP contribution < -0.4 is 20.5 Å². The van der Waals surface area contributed by atoms with Crippen molar-refractivity contribution >= 4 is 27.6 Å². The van der Waals surface area contributed by atoms with Crippen LogP contribution in [0.4, 0.5) is 14.6 Å². The first-order chi connectivity index (χ1) is 21.3. The molecule has 0 radical (unpaired) electrons. The minimum absolute atomic E-state index is 0.0295. The summed E-state index contributed by atoms with van der Waals surface area (Å²) in [6, 6.07) is 5.04. The number of piperazine rings is 1. The summed E-state index contributed by atoms with van der Waals surface area (Å²) in [5.41, 5.74) is 1.52. The van der Waals surface area contributed by atoms with E-state index in [1.807, 2.05) is 6.92 Å². The fourth-order valence-corrected chi connectivity index (χ4v) is 7.87. The van der Waals surface area contributed by atoms with E-state index < -0.39 is 12.0 Å². The molecule has 2 unspecified atom stereocenters. The molecule has 4 saturated heterocycles. The Labute approximate surface area is 252 Å². The maximum absolute atomic E-state index is 14.8. The lowest BCUT2D eigenvalue weighted by atomic mass is 9.95. The van der Waals surface area contributed by atoms with Crippen LogP contribution in [0, 0.1) is 25.1 Å². The topological polar surface area (TPSA) is 112 Å². The van der Waals surface area contributed by atoms with E-state index in [0.29, 0.717) is 63.9 Å². The van der Waals surface area contributed by atoms with Crippen LogP contribution in [0.15, 0.2) is 23.0 Å². The molecule has 4 aromatic rings. The molecule has 44 heavy (non-hydrogen) atoms. The smallest absolute Gasteiger partial charge is 0.319 e. The van der Waals surface area contributed by atoms with Gasteiger partial charge < -0.3 is 19.9 Å². The Hall–Kier alpha value is -4.21. The van der Waals surface area contributed by atoms with Gasteiger partial charge in [-0.1, -0.05) is 12.0 Å². The van der Waals surface area contributed by atoms with Gasteiger partial charge in [0.1, 0.15) is 29.8 Å². The number of aryl methyl sites for hydroxylation is 1. The Morgan fingerprint density at radius 1 is 1.16 bits per heavy atom. The highest BCUT2D eigenvalue weighted by Gasteiger charge is 2.49. The number of rotatable bonds is 5. The van der Waals surface area contributed by atoms with Crippen LogP contribution in [-0.2, 0) is 0 Å². The first-order valence-electron chi connectivity index (χ1n) is 15.2. The normalized spacial score (nSPS) is 26.4. The molecule has 10 nitrogen and oxygen atoms in total. The van der Waals surface area contributed by atoms with Gasteiger partial charge >= 0.3 is 6.01 Å². The van der Waals surface area contributed by atoms with Crippen LogP contribution in [-0.4, -0.2) is 86.6 Å². The number of halogens is 2. The molecule has 3 aromatic heterocycles. The molecule has 1 aromatic carbocycles. The van der Waals surface area contributed by atoms with Gasteiger partial charge in [-0.05, 0) is 50.6 Å². The fourth-order valence-electron chi connectivity index (χ4n) is 7.87. The van der Waals surface area contributed by atoms with Gasteiger partial charge in [0, 0.05) is 55.2 Å². The molecule has 12 heteroatoms. The number of terminal acetylenes is 1. The van der Waals surface area contributed by atoms with E-state index in [1.165, 1.54) is 18.2 Å². The molecule has 4 fully saturated rings. The van der Waals surface area contributed by atoms with Gasteiger partial charge in [0.2, 0.25) is 5.56 Å². The molecule has 4 aliphatic rings. The lowest BCUT2D eigenvalue weighted by Gasteiger charge is -2.34. The number of aromatic nitrogens is 5. The first-order valence-corrected chi connectivity index (χ1v) is 15.2. The molecule has 4 aliphatic heterocycles. The first kappa shape index (κ1) is 27.3. The van der Waals surface area contributed by atoms with E-state index in [4.69, 9.17) is 21.1 Å². The molecule has 7 heterocycles. The predicted octanol–water partition coefficient (Wildman–Crippen LogP) is 3.25. The quantitative estimate of drug-likeness (QED) is 0.335. The second kappa shape index (κ2) is 10.2. The molecule has 0 aliphatic carbocycles. The average Bonchev–Trinajstić information content (AvgIpc) is 3.66. The number of aromatic amines is 1. The van der Waals surface area contributed by atoms with Crippen molar-refractivity contribution in [1.29, 1.82) is 0 Å². The van der Waals surface area contributed by atoms with Crippen molar-refractivity contribution in [2.75, 3.05) is 37.7 Å². The molecule has 226 valence electrons. The predicted molar refractivity (Wildman–Crippen MR) is 162 cm³/mol. The Kier molecular flexibility index (Phi) is 6.32. The highest BCUT2D eigenvalue weighted by Crippen LogP contribution is 2.41. The van der Waals surface area contributed by atoms with Gasteiger partial charge in [0.05, 0.1) is 16.8 Å². The van der Waals surface area contributed by atoms with Gasteiger partial charge in [-0.3, -0.25) is 9.69 Å². The maximum Gasteiger partial charge on any atom is 0.319 e. The summed E-state index contributed by atoms with van der Waals surface area (Å²) in [5.74, 6) is 2.48. The van der Waals surface area contributed by atoms with Crippen LogP contribution in [0.1, 0.15) is 43.2 Å². The van der Waals surface area contributed by atoms with Gasteiger partial charge in [-0.2, -0.15) is 9.97 Å². The van der Waals surface area contributed by atoms with Crippen LogP contribution in [0.3, 0.4) is 0 Å². The van der Waals surface area contributed by atoms with Gasteiger partial charge in [-0.25, -0.2) is 8.78 Å². The average molecular weight is 599 g/mol. The number of anilines is 1. The van der Waals surface area contributed by atoms with Crippen LogP contribution in [0.2, 0.25) is 0 Å². The molecule has 2 bridgehead atoms. The van der Waals surface area contributed by atoms with E-state index in [0.717, 1.165) is 45.3 Å². The third kappa shape index (κ3) is 4.32. The molecule has 8 rings (SSSR count). The molecule has 0 saturated carbocycles. The standard InChI is InChI=1S/C32H32F2N8O2/c1-3-22-23(34)8-5-18-11-24(43)36-28(25(18)22)27-17(2)26-29(40-39-27)30(41-14-20-6-7-21(15-41)35-20)38-31(37-26)44-16-32-9-4-10-42(32)13-19(33)12-32/h1,5,8,11,19-21,35H,4,6-7,9-10,12-16H2,2H3,(H,36,43)/t19-,20?,21?,32+/m1/s1. The number of alkyl halides is 1. The van der Waals surface area contributed by atoms with Gasteiger partial charge in [0.25, 0.3) is 0 Å². The second-order valence-electron chi connectivity index (χ2n) is 12.6. The highest BCUT2D eigenvalue weighted by molar-refractivity contribution is 6.00. The summed E-state index contributed by atoms with van der Waals surface area (Å²) in [5, 5.41) is 13.7. The fraction of sp³-hybridized carbons (Fsp3) is 0.469. The summed E-state index contributed by atoms with van der Waals surface area (Å²) >= 11 is 0. The number of fused-ring (bicyclic) bond motifs is 5. The van der Waals surface area contributed by atoms with E-state index in [9.17, 15) is 13.6 Å². The lowest BCUT2D eigenvalue weighted by Crippen LogP contribution is -2.51. The summed E-state index contributed by atoms with van der Waals surface area (Å²) in [4.78, 5) is 29.6. The number of hydrogen-bond donors (Lipinski definition) is 2. The zero-order valence-corrected chi connectivity index (χ0v) is 24.4. The van der Waals surface area contributed by atoms with Crippen molar-refractivity contribution in [2.24, 2.45) is 0 Å². The van der Waals surface area contributed by atoms with Crippen molar-refractivity contribution in [3.8, 4) is 29.7 Å². The summed E-state index contributed by atoms with van der Waals surface area (Å²) in [7, 11) is 0. The number of nitrogens with zero attached hydrogens (tertiary/aromatic N) is 6. The SMILES string of the molecule is C#Cc1c(F)ccc2cc(=O)[nH]c(-c3nnc4c(N5CC6CCC(C5)N6)nc(OC[C@@]56CCCN5C[C@H](F)C6)nc4c3C)c12. The molecular weight excluding hydrogens is 566 g/mol. The minimum Gasteiger partial charge on any atom is -0.461 e. The van der Waals surface area contributed by atoms with Gasteiger partial charge in [-0.15, -0.1) is 16.6 Å². The molecule has 2 N–H and O–H groups in total. The summed E-state index contributed by atoms with van der Waals surface area (Å²) in [6.07, 6.45) is 9.34. The number of H-pyrrole nitrogens is 1. The minimum atomic E-state index is -0.871. The molecule has 4 atom stereocenters. The Balaban J connectivity index is 1.28. The number of hydrogen-bond acceptors (Lipinski definition) is 9. The lowest BCUT2D eigenvalue weighted by molar-refractivity contribution is 0.107. The summed E-state index contributed by atoms with van der Waals surface area (Å²) in [6.45, 7) is 4.93. The monoisotopic (exact) mass is 598 g/mol. The third-order valence-electron chi connectivity index (χ3n) is 9.91. The maximum atomic E-state index is 14.8. The van der Waals surface area contributed by atoms with E-state index >= 15 is 0 Å². The van der Waals surface area contributed by atoms with Crippen LogP contribution >= 0.6 is 0 Å². The Bertz CT molecular complexity index is 1910. The van der Waals surface area contributed by atoms with E-state index in [-0.39, 0.29) is 35.0 Å². The van der Waals surface area contributed by atoms with Crippen molar-refractivity contribution in [2.45, 2.75) is 62.8 Å². The zero-order valence-electron chi connectivity index (χ0n) is 24.4. The Morgan fingerprint density at radius 3 is 2.77 bits per heavy atom. The van der Waals surface area contributed by atoms with E-state index in [2.05, 4.69) is 36.2 Å². The summed E-state index contributed by atoms with van der Waals surface area (Å²) < 4.78 is 35.6. The molecule has 0 spiro atoms. The van der Waals surface area contributed by atoms with E-state index in [1.54, 1.807) is 0 Å². The number of pyridine rings is 1. The largest absolute Gasteiger partial charge is 0.461 e. The highest BCUT2D eigenvalue weighted by atomic mass is 19.1. The number of benzene rings is 1.